The zero-order valence-corrected chi connectivity index (χ0v) is 11.3. The molecule has 0 radical (unpaired) electrons. The molecule has 0 fully saturated rings. The van der Waals surface area contributed by atoms with Gasteiger partial charge in [-0.3, -0.25) is 4.79 Å². The van der Waals surface area contributed by atoms with E-state index in [1.54, 1.807) is 0 Å². The molecule has 4 heteroatoms. The SMILES string of the molecule is CCCNC(COc1ccc(C)cc1C)C(N)=O. The number of carbonyl (C=O) groups is 1. The van der Waals surface area contributed by atoms with Gasteiger partial charge in [-0.05, 0) is 38.4 Å². The van der Waals surface area contributed by atoms with Gasteiger partial charge in [0.1, 0.15) is 18.4 Å². The van der Waals surface area contributed by atoms with E-state index < -0.39 is 6.04 Å². The third-order valence-corrected chi connectivity index (χ3v) is 2.72. The number of hydrogen-bond acceptors (Lipinski definition) is 3. The van der Waals surface area contributed by atoms with Crippen LogP contribution in [0, 0.1) is 13.8 Å². The first-order valence-corrected chi connectivity index (χ1v) is 6.27. The van der Waals surface area contributed by atoms with Crippen molar-refractivity contribution in [2.24, 2.45) is 5.73 Å². The highest BCUT2D eigenvalue weighted by atomic mass is 16.5. The minimum atomic E-state index is -0.439. The number of benzene rings is 1. The molecule has 0 aliphatic carbocycles. The zero-order chi connectivity index (χ0) is 13.5. The Labute approximate surface area is 109 Å². The summed E-state index contributed by atoms with van der Waals surface area (Å²) in [5.74, 6) is 0.415. The van der Waals surface area contributed by atoms with Crippen LogP contribution < -0.4 is 15.8 Å². The van der Waals surface area contributed by atoms with Crippen LogP contribution >= 0.6 is 0 Å². The second kappa shape index (κ2) is 7.01. The highest BCUT2D eigenvalue weighted by Crippen LogP contribution is 2.18. The van der Waals surface area contributed by atoms with Gasteiger partial charge >= 0.3 is 0 Å². The number of amides is 1. The molecule has 1 unspecified atom stereocenters. The quantitative estimate of drug-likeness (QED) is 0.771. The van der Waals surface area contributed by atoms with Crippen LogP contribution in [0.25, 0.3) is 0 Å². The van der Waals surface area contributed by atoms with Gasteiger partial charge in [0.05, 0.1) is 0 Å². The lowest BCUT2D eigenvalue weighted by Gasteiger charge is -2.17. The molecule has 1 atom stereocenters. The van der Waals surface area contributed by atoms with Crippen molar-refractivity contribution >= 4 is 5.91 Å². The van der Waals surface area contributed by atoms with E-state index >= 15 is 0 Å². The van der Waals surface area contributed by atoms with E-state index in [0.29, 0.717) is 0 Å². The van der Waals surface area contributed by atoms with Gasteiger partial charge in [-0.25, -0.2) is 0 Å². The van der Waals surface area contributed by atoms with E-state index in [0.717, 1.165) is 24.3 Å². The van der Waals surface area contributed by atoms with Gasteiger partial charge in [0.25, 0.3) is 0 Å². The number of rotatable bonds is 7. The van der Waals surface area contributed by atoms with Gasteiger partial charge in [-0.1, -0.05) is 24.6 Å². The predicted octanol–water partition coefficient (Wildman–Crippen LogP) is 1.54. The summed E-state index contributed by atoms with van der Waals surface area (Å²) in [7, 11) is 0. The summed E-state index contributed by atoms with van der Waals surface area (Å²) in [5.41, 5.74) is 7.58. The summed E-state index contributed by atoms with van der Waals surface area (Å²) in [6.45, 7) is 7.08. The topological polar surface area (TPSA) is 64.3 Å². The molecule has 0 heterocycles. The maximum absolute atomic E-state index is 11.2. The molecule has 18 heavy (non-hydrogen) atoms. The Kier molecular flexibility index (Phi) is 5.65. The molecule has 1 aromatic carbocycles. The Morgan fingerprint density at radius 1 is 1.44 bits per heavy atom. The van der Waals surface area contributed by atoms with Gasteiger partial charge in [-0.15, -0.1) is 0 Å². The van der Waals surface area contributed by atoms with Crippen LogP contribution in [-0.2, 0) is 4.79 Å². The van der Waals surface area contributed by atoms with Crippen molar-refractivity contribution in [1.29, 1.82) is 0 Å². The molecule has 1 aromatic rings. The molecule has 0 saturated carbocycles. The van der Waals surface area contributed by atoms with Crippen LogP contribution in [0.1, 0.15) is 24.5 Å². The summed E-state index contributed by atoms with van der Waals surface area (Å²) >= 11 is 0. The number of nitrogens with two attached hydrogens (primary N) is 1. The van der Waals surface area contributed by atoms with Crippen LogP contribution in [0.2, 0.25) is 0 Å². The Morgan fingerprint density at radius 2 is 2.17 bits per heavy atom. The number of ether oxygens (including phenoxy) is 1. The molecule has 1 rings (SSSR count). The van der Waals surface area contributed by atoms with Crippen molar-refractivity contribution in [3.8, 4) is 5.75 Å². The van der Waals surface area contributed by atoms with Crippen molar-refractivity contribution in [1.82, 2.24) is 5.32 Å². The van der Waals surface area contributed by atoms with Gasteiger partial charge in [0, 0.05) is 0 Å². The predicted molar refractivity (Wildman–Crippen MR) is 72.7 cm³/mol. The fourth-order valence-electron chi connectivity index (χ4n) is 1.69. The van der Waals surface area contributed by atoms with Gasteiger partial charge in [0.15, 0.2) is 0 Å². The summed E-state index contributed by atoms with van der Waals surface area (Å²) < 4.78 is 5.65. The van der Waals surface area contributed by atoms with Crippen LogP contribution in [0.3, 0.4) is 0 Å². The van der Waals surface area contributed by atoms with Crippen LogP contribution in [-0.4, -0.2) is 25.1 Å². The number of nitrogens with one attached hydrogen (secondary N) is 1. The minimum absolute atomic E-state index is 0.263. The van der Waals surface area contributed by atoms with E-state index in [-0.39, 0.29) is 12.5 Å². The van der Waals surface area contributed by atoms with Crippen LogP contribution in [0.15, 0.2) is 18.2 Å². The molecule has 0 bridgehead atoms. The summed E-state index contributed by atoms with van der Waals surface area (Å²) in [6.07, 6.45) is 0.952. The number of primary amides is 1. The molecular formula is C14H22N2O2. The van der Waals surface area contributed by atoms with E-state index in [4.69, 9.17) is 10.5 Å². The lowest BCUT2D eigenvalue weighted by atomic mass is 10.1. The van der Waals surface area contributed by atoms with E-state index in [2.05, 4.69) is 5.32 Å². The molecule has 0 aliphatic rings. The zero-order valence-electron chi connectivity index (χ0n) is 11.3. The molecule has 0 aliphatic heterocycles. The van der Waals surface area contributed by atoms with E-state index in [1.807, 2.05) is 39.0 Å². The van der Waals surface area contributed by atoms with Crippen molar-refractivity contribution in [2.75, 3.05) is 13.2 Å². The Balaban J connectivity index is 2.58. The first kappa shape index (κ1) is 14.5. The average molecular weight is 250 g/mol. The number of hydrogen-bond donors (Lipinski definition) is 2. The van der Waals surface area contributed by atoms with E-state index in [9.17, 15) is 4.79 Å². The Bertz CT molecular complexity index is 405. The summed E-state index contributed by atoms with van der Waals surface area (Å²) in [4.78, 5) is 11.2. The maximum Gasteiger partial charge on any atom is 0.238 e. The van der Waals surface area contributed by atoms with Crippen molar-refractivity contribution < 1.29 is 9.53 Å². The highest BCUT2D eigenvalue weighted by Gasteiger charge is 2.15. The van der Waals surface area contributed by atoms with Crippen LogP contribution in [0.5, 0.6) is 5.75 Å². The highest BCUT2D eigenvalue weighted by molar-refractivity contribution is 5.80. The third kappa shape index (κ3) is 4.37. The molecule has 0 aromatic heterocycles. The summed E-state index contributed by atoms with van der Waals surface area (Å²) in [5, 5.41) is 3.07. The molecule has 1 amide bonds. The fraction of sp³-hybridized carbons (Fsp3) is 0.500. The second-order valence-electron chi connectivity index (χ2n) is 4.49. The maximum atomic E-state index is 11.2. The fourth-order valence-corrected chi connectivity index (χ4v) is 1.69. The first-order valence-electron chi connectivity index (χ1n) is 6.27. The molecule has 100 valence electrons. The molecule has 0 spiro atoms. The standard InChI is InChI=1S/C14H22N2O2/c1-4-7-16-12(14(15)17)9-18-13-6-5-10(2)8-11(13)3/h5-6,8,12,16H,4,7,9H2,1-3H3,(H2,15,17). The normalized spacial score (nSPS) is 12.2. The van der Waals surface area contributed by atoms with Gasteiger partial charge in [0.2, 0.25) is 5.91 Å². The van der Waals surface area contributed by atoms with Crippen molar-refractivity contribution in [3.05, 3.63) is 29.3 Å². The minimum Gasteiger partial charge on any atom is -0.491 e. The molecule has 4 nitrogen and oxygen atoms in total. The smallest absolute Gasteiger partial charge is 0.238 e. The number of carbonyl (C=O) groups excluding carboxylic acids is 1. The largest absolute Gasteiger partial charge is 0.491 e. The molecular weight excluding hydrogens is 228 g/mol. The third-order valence-electron chi connectivity index (χ3n) is 2.72. The average Bonchev–Trinajstić information content (AvgIpc) is 2.31. The van der Waals surface area contributed by atoms with Gasteiger partial charge in [-0.2, -0.15) is 0 Å². The monoisotopic (exact) mass is 250 g/mol. The lowest BCUT2D eigenvalue weighted by molar-refractivity contribution is -0.120. The first-order chi connectivity index (χ1) is 8.54. The van der Waals surface area contributed by atoms with Crippen molar-refractivity contribution in [3.63, 3.8) is 0 Å². The van der Waals surface area contributed by atoms with Crippen molar-refractivity contribution in [2.45, 2.75) is 33.2 Å². The Morgan fingerprint density at radius 3 is 2.72 bits per heavy atom. The second-order valence-corrected chi connectivity index (χ2v) is 4.49. The summed E-state index contributed by atoms with van der Waals surface area (Å²) in [6, 6.07) is 5.52. The molecule has 0 saturated heterocycles. The lowest BCUT2D eigenvalue weighted by Crippen LogP contribution is -2.45. The molecule has 3 N–H and O–H groups in total. The van der Waals surface area contributed by atoms with Gasteiger partial charge < -0.3 is 15.8 Å². The Hall–Kier alpha value is -1.55. The van der Waals surface area contributed by atoms with E-state index in [1.165, 1.54) is 5.56 Å². The number of aryl methyl sites for hydroxylation is 2. The van der Waals surface area contributed by atoms with Crippen LogP contribution in [0.4, 0.5) is 0 Å².